The molecule has 0 spiro atoms. The van der Waals surface area contributed by atoms with E-state index in [9.17, 15) is 0 Å². The molecule has 3 aliphatic heterocycles. The van der Waals surface area contributed by atoms with Crippen LogP contribution in [0.25, 0.3) is 0 Å². The van der Waals surface area contributed by atoms with E-state index >= 15 is 0 Å². The van der Waals surface area contributed by atoms with Crippen LogP contribution in [0.3, 0.4) is 0 Å². The lowest BCUT2D eigenvalue weighted by atomic mass is 9.53. The van der Waals surface area contributed by atoms with Gasteiger partial charge in [0.1, 0.15) is 34.5 Å². The zero-order valence-corrected chi connectivity index (χ0v) is 22.3. The Labute approximate surface area is 212 Å². The summed E-state index contributed by atoms with van der Waals surface area (Å²) in [5.74, 6) is 2.46. The molecule has 0 fully saturated rings. The number of ether oxygens (including phenoxy) is 4. The van der Waals surface area contributed by atoms with Crippen LogP contribution in [0.4, 0.5) is 0 Å². The van der Waals surface area contributed by atoms with Gasteiger partial charge in [0.2, 0.25) is 0 Å². The molecule has 7 rings (SSSR count). The zero-order valence-electron chi connectivity index (χ0n) is 22.3. The second-order valence-corrected chi connectivity index (χ2v) is 11.5. The number of benzene rings is 3. The van der Waals surface area contributed by atoms with Crippen LogP contribution in [0.1, 0.15) is 58.4 Å². The standard InChI is InChI=1S/C32H32O4/c1-16-9-19(4)27-23(11-16)30(7)15-21(6)32-31(29(30)34-27,24-12-17(2)10-20(5)28(24)36-32)26-18(3)13-22(33-8)14-25(26)35-32/h9-15,29H,1-8H3/t29-,30+,31-,32+/m1/s1. The van der Waals surface area contributed by atoms with Crippen molar-refractivity contribution >= 4 is 0 Å². The first kappa shape index (κ1) is 21.8. The van der Waals surface area contributed by atoms with Crippen LogP contribution in [-0.4, -0.2) is 19.0 Å². The summed E-state index contributed by atoms with van der Waals surface area (Å²) < 4.78 is 26.8. The van der Waals surface area contributed by atoms with Crippen molar-refractivity contribution in [2.45, 2.75) is 71.2 Å². The summed E-state index contributed by atoms with van der Waals surface area (Å²) in [7, 11) is 1.70. The molecule has 0 saturated heterocycles. The van der Waals surface area contributed by atoms with Gasteiger partial charge in [-0.25, -0.2) is 0 Å². The quantitative estimate of drug-likeness (QED) is 0.364. The fraction of sp³-hybridized carbons (Fsp3) is 0.375. The van der Waals surface area contributed by atoms with Gasteiger partial charge in [-0.1, -0.05) is 41.5 Å². The van der Waals surface area contributed by atoms with E-state index in [2.05, 4.69) is 84.9 Å². The summed E-state index contributed by atoms with van der Waals surface area (Å²) in [5, 5.41) is 0. The van der Waals surface area contributed by atoms with Crippen molar-refractivity contribution in [3.63, 3.8) is 0 Å². The third kappa shape index (κ3) is 2.19. The molecule has 3 heterocycles. The Kier molecular flexibility index (Phi) is 3.93. The number of methoxy groups -OCH3 is 1. The average Bonchev–Trinajstić information content (AvgIpc) is 3.37. The summed E-state index contributed by atoms with van der Waals surface area (Å²) >= 11 is 0. The Morgan fingerprint density at radius 3 is 2.11 bits per heavy atom. The molecule has 0 amide bonds. The first-order valence-electron chi connectivity index (χ1n) is 12.7. The summed E-state index contributed by atoms with van der Waals surface area (Å²) in [5.41, 5.74) is 9.41. The Bertz CT molecular complexity index is 1550. The molecule has 0 saturated carbocycles. The maximum absolute atomic E-state index is 7.13. The van der Waals surface area contributed by atoms with Gasteiger partial charge in [0.15, 0.2) is 0 Å². The molecule has 3 aromatic carbocycles. The molecule has 4 heteroatoms. The maximum atomic E-state index is 7.13. The van der Waals surface area contributed by atoms with Crippen molar-refractivity contribution < 1.29 is 18.9 Å². The fourth-order valence-corrected chi connectivity index (χ4v) is 7.81. The van der Waals surface area contributed by atoms with Gasteiger partial charge >= 0.3 is 0 Å². The van der Waals surface area contributed by atoms with Crippen molar-refractivity contribution in [3.8, 4) is 23.0 Å². The lowest BCUT2D eigenvalue weighted by Crippen LogP contribution is -2.66. The van der Waals surface area contributed by atoms with Crippen molar-refractivity contribution in [2.24, 2.45) is 0 Å². The van der Waals surface area contributed by atoms with Gasteiger partial charge in [0, 0.05) is 28.3 Å². The Morgan fingerprint density at radius 1 is 0.750 bits per heavy atom. The molecule has 0 unspecified atom stereocenters. The summed E-state index contributed by atoms with van der Waals surface area (Å²) in [6.07, 6.45) is 2.09. The van der Waals surface area contributed by atoms with E-state index in [-0.39, 0.29) is 11.5 Å². The molecule has 4 atom stereocenters. The van der Waals surface area contributed by atoms with Gasteiger partial charge < -0.3 is 18.9 Å². The molecule has 0 bridgehead atoms. The van der Waals surface area contributed by atoms with Gasteiger partial charge in [0.25, 0.3) is 5.79 Å². The van der Waals surface area contributed by atoms with E-state index < -0.39 is 11.2 Å². The van der Waals surface area contributed by atoms with Crippen molar-refractivity contribution in [1.29, 1.82) is 0 Å². The van der Waals surface area contributed by atoms with Gasteiger partial charge in [-0.15, -0.1) is 0 Å². The molecule has 3 aromatic rings. The predicted molar refractivity (Wildman–Crippen MR) is 140 cm³/mol. The minimum atomic E-state index is -1.03. The largest absolute Gasteiger partial charge is 0.497 e. The minimum absolute atomic E-state index is 0.250. The molecule has 0 aromatic heterocycles. The monoisotopic (exact) mass is 480 g/mol. The zero-order chi connectivity index (χ0) is 25.4. The van der Waals surface area contributed by atoms with Crippen molar-refractivity contribution in [1.82, 2.24) is 0 Å². The second kappa shape index (κ2) is 6.47. The predicted octanol–water partition coefficient (Wildman–Crippen LogP) is 6.68. The molecule has 0 N–H and O–H groups in total. The molecule has 4 nitrogen and oxygen atoms in total. The summed E-state index contributed by atoms with van der Waals surface area (Å²) in [4.78, 5) is 0. The molecular formula is C32H32O4. The molecule has 184 valence electrons. The number of fused-ring (bicyclic) bond motifs is 5. The van der Waals surface area contributed by atoms with E-state index in [0.29, 0.717) is 0 Å². The van der Waals surface area contributed by atoms with Crippen LogP contribution in [0.15, 0.2) is 48.0 Å². The highest BCUT2D eigenvalue weighted by Gasteiger charge is 2.79. The lowest BCUT2D eigenvalue weighted by Gasteiger charge is -2.50. The van der Waals surface area contributed by atoms with Crippen LogP contribution in [-0.2, 0) is 10.8 Å². The number of hydrogen-bond donors (Lipinski definition) is 0. The van der Waals surface area contributed by atoms with Gasteiger partial charge in [-0.05, 0) is 71.2 Å². The van der Waals surface area contributed by atoms with Gasteiger partial charge in [-0.3, -0.25) is 0 Å². The lowest BCUT2D eigenvalue weighted by molar-refractivity contribution is -0.126. The van der Waals surface area contributed by atoms with E-state index in [4.69, 9.17) is 18.9 Å². The van der Waals surface area contributed by atoms with Crippen molar-refractivity contribution in [3.05, 3.63) is 92.6 Å². The summed E-state index contributed by atoms with van der Waals surface area (Å²) in [6.45, 7) is 15.2. The van der Waals surface area contributed by atoms with Gasteiger partial charge in [-0.2, -0.15) is 0 Å². The van der Waals surface area contributed by atoms with Gasteiger partial charge in [0.05, 0.1) is 12.5 Å². The average molecular weight is 481 g/mol. The van der Waals surface area contributed by atoms with E-state index in [1.807, 2.05) is 6.07 Å². The number of hydrogen-bond acceptors (Lipinski definition) is 4. The third-order valence-corrected chi connectivity index (χ3v) is 8.97. The molecule has 36 heavy (non-hydrogen) atoms. The first-order chi connectivity index (χ1) is 17.1. The number of rotatable bonds is 1. The number of aryl methyl sites for hydroxylation is 5. The smallest absolute Gasteiger partial charge is 0.291 e. The highest BCUT2D eigenvalue weighted by molar-refractivity contribution is 5.73. The van der Waals surface area contributed by atoms with Crippen LogP contribution in [0.2, 0.25) is 0 Å². The normalized spacial score (nSPS) is 30.0. The molecular weight excluding hydrogens is 448 g/mol. The summed E-state index contributed by atoms with van der Waals surface area (Å²) in [6, 6.07) is 13.1. The van der Waals surface area contributed by atoms with Crippen LogP contribution in [0.5, 0.6) is 23.0 Å². The topological polar surface area (TPSA) is 36.9 Å². The Morgan fingerprint density at radius 2 is 1.42 bits per heavy atom. The third-order valence-electron chi connectivity index (χ3n) is 8.97. The van der Waals surface area contributed by atoms with Crippen LogP contribution in [0, 0.1) is 34.6 Å². The maximum Gasteiger partial charge on any atom is 0.291 e. The highest BCUT2D eigenvalue weighted by Crippen LogP contribution is 2.72. The Balaban J connectivity index is 1.65. The molecule has 0 radical (unpaired) electrons. The second-order valence-electron chi connectivity index (χ2n) is 11.5. The Hall–Kier alpha value is -3.40. The van der Waals surface area contributed by atoms with E-state index in [1.165, 1.54) is 22.3 Å². The highest BCUT2D eigenvalue weighted by atomic mass is 16.7. The van der Waals surface area contributed by atoms with Crippen molar-refractivity contribution in [2.75, 3.05) is 7.11 Å². The molecule has 4 aliphatic rings. The SMILES string of the molecule is COc1cc(C)c2c(c1)O[C@@]13Oc4c(C)cc(C)cc4[C@]21[C@@H]1Oc2c(C)cc(C)cc2[C@]1(C)C=C3C. The van der Waals surface area contributed by atoms with Crippen LogP contribution < -0.4 is 18.9 Å². The van der Waals surface area contributed by atoms with E-state index in [0.717, 1.165) is 50.8 Å². The molecule has 1 aliphatic carbocycles. The van der Waals surface area contributed by atoms with Crippen LogP contribution >= 0.6 is 0 Å². The van der Waals surface area contributed by atoms with E-state index in [1.54, 1.807) is 7.11 Å². The fourth-order valence-electron chi connectivity index (χ4n) is 7.81. The minimum Gasteiger partial charge on any atom is -0.497 e. The first-order valence-corrected chi connectivity index (χ1v) is 12.7.